The maximum Gasteiger partial charge on any atom is 0.471 e. The fourth-order valence-corrected chi connectivity index (χ4v) is 2.72. The first-order chi connectivity index (χ1) is 14.5. The molecule has 2 N–H and O–H groups in total. The smallest absolute Gasteiger partial charge is 0.325 e. The first kappa shape index (κ1) is 21.4. The molecule has 0 saturated carbocycles. The van der Waals surface area contributed by atoms with Crippen LogP contribution >= 0.6 is 0 Å². The number of non-ortho nitro benzene ring substituents is 1. The van der Waals surface area contributed by atoms with E-state index in [1.54, 1.807) is 5.32 Å². The van der Waals surface area contributed by atoms with Gasteiger partial charge in [-0.1, -0.05) is 0 Å². The van der Waals surface area contributed by atoms with Crippen molar-refractivity contribution in [2.45, 2.75) is 6.18 Å². The number of nitrogens with zero attached hydrogens (tertiary/aromatic N) is 2. The van der Waals surface area contributed by atoms with E-state index in [2.05, 4.69) is 5.32 Å². The van der Waals surface area contributed by atoms with Gasteiger partial charge in [0.1, 0.15) is 6.54 Å². The quantitative estimate of drug-likeness (QED) is 0.419. The van der Waals surface area contributed by atoms with Gasteiger partial charge in [0.05, 0.1) is 16.1 Å². The van der Waals surface area contributed by atoms with E-state index in [-0.39, 0.29) is 28.2 Å². The minimum Gasteiger partial charge on any atom is -0.325 e. The first-order valence-electron chi connectivity index (χ1n) is 8.40. The molecule has 1 aliphatic rings. The van der Waals surface area contributed by atoms with Crippen LogP contribution in [0.2, 0.25) is 0 Å². The van der Waals surface area contributed by atoms with Crippen LogP contribution in [0.3, 0.4) is 0 Å². The zero-order chi connectivity index (χ0) is 22.9. The van der Waals surface area contributed by atoms with Crippen molar-refractivity contribution in [3.05, 3.63) is 63.7 Å². The van der Waals surface area contributed by atoms with E-state index in [1.165, 1.54) is 12.1 Å². The molecule has 0 bridgehead atoms. The highest BCUT2D eigenvalue weighted by atomic mass is 19.4. The largest absolute Gasteiger partial charge is 0.471 e. The van der Waals surface area contributed by atoms with E-state index in [0.717, 1.165) is 30.3 Å². The van der Waals surface area contributed by atoms with Gasteiger partial charge in [0.25, 0.3) is 17.5 Å². The minimum absolute atomic E-state index is 0.0758. The number of imide groups is 1. The Balaban J connectivity index is 1.64. The minimum atomic E-state index is -5.06. The maximum atomic E-state index is 12.4. The number of nitrogens with one attached hydrogen (secondary N) is 2. The Hall–Kier alpha value is -4.29. The number of hydrogen-bond donors (Lipinski definition) is 2. The molecule has 31 heavy (non-hydrogen) atoms. The van der Waals surface area contributed by atoms with Crippen LogP contribution in [0.1, 0.15) is 20.7 Å². The number of nitro benzene ring substituents is 1. The number of nitro groups is 1. The Morgan fingerprint density at radius 3 is 2.03 bits per heavy atom. The van der Waals surface area contributed by atoms with E-state index in [1.807, 2.05) is 0 Å². The molecular formula is C18H11F3N4O6. The highest BCUT2D eigenvalue weighted by Crippen LogP contribution is 2.27. The van der Waals surface area contributed by atoms with Gasteiger partial charge in [-0.05, 0) is 30.3 Å². The Labute approximate surface area is 170 Å². The van der Waals surface area contributed by atoms with E-state index in [0.29, 0.717) is 4.90 Å². The Kier molecular flexibility index (Phi) is 5.43. The van der Waals surface area contributed by atoms with Gasteiger partial charge in [-0.15, -0.1) is 0 Å². The van der Waals surface area contributed by atoms with Gasteiger partial charge in [-0.3, -0.25) is 34.2 Å². The molecule has 13 heteroatoms. The van der Waals surface area contributed by atoms with Gasteiger partial charge in [0, 0.05) is 23.5 Å². The molecule has 0 unspecified atom stereocenters. The third-order valence-corrected chi connectivity index (χ3v) is 4.15. The average Bonchev–Trinajstić information content (AvgIpc) is 2.93. The van der Waals surface area contributed by atoms with Crippen molar-refractivity contribution in [1.82, 2.24) is 4.90 Å². The highest BCUT2D eigenvalue weighted by molar-refractivity contribution is 6.23. The van der Waals surface area contributed by atoms with Gasteiger partial charge in [-0.25, -0.2) is 0 Å². The topological polar surface area (TPSA) is 139 Å². The fraction of sp³-hybridized carbons (Fsp3) is 0.111. The molecule has 160 valence electrons. The van der Waals surface area contributed by atoms with Crippen LogP contribution in [0.5, 0.6) is 0 Å². The molecule has 2 aromatic carbocycles. The highest BCUT2D eigenvalue weighted by Gasteiger charge is 2.39. The normalized spacial score (nSPS) is 13.1. The third kappa shape index (κ3) is 4.49. The molecule has 3 rings (SSSR count). The molecule has 0 saturated heterocycles. The zero-order valence-electron chi connectivity index (χ0n) is 15.2. The van der Waals surface area contributed by atoms with Crippen molar-refractivity contribution in [1.29, 1.82) is 0 Å². The number of benzene rings is 2. The van der Waals surface area contributed by atoms with Crippen molar-refractivity contribution in [2.24, 2.45) is 0 Å². The molecule has 0 radical (unpaired) electrons. The van der Waals surface area contributed by atoms with Crippen molar-refractivity contribution < 1.29 is 37.3 Å². The average molecular weight is 436 g/mol. The molecule has 0 atom stereocenters. The molecule has 1 heterocycles. The number of fused-ring (bicyclic) bond motifs is 1. The van der Waals surface area contributed by atoms with Crippen molar-refractivity contribution in [3.63, 3.8) is 0 Å². The van der Waals surface area contributed by atoms with Crippen LogP contribution < -0.4 is 10.6 Å². The summed E-state index contributed by atoms with van der Waals surface area (Å²) in [6.45, 7) is -0.688. The molecule has 0 aromatic heterocycles. The van der Waals surface area contributed by atoms with E-state index in [9.17, 15) is 42.5 Å². The number of amides is 4. The summed E-state index contributed by atoms with van der Waals surface area (Å²) in [7, 11) is 0. The second-order valence-electron chi connectivity index (χ2n) is 6.26. The lowest BCUT2D eigenvalue weighted by molar-refractivity contribution is -0.384. The number of hydrogen-bond acceptors (Lipinski definition) is 6. The molecular weight excluding hydrogens is 425 g/mol. The van der Waals surface area contributed by atoms with Crippen LogP contribution in [0.4, 0.5) is 30.2 Å². The number of anilines is 2. The fourth-order valence-electron chi connectivity index (χ4n) is 2.72. The summed E-state index contributed by atoms with van der Waals surface area (Å²) in [5.41, 5.74) is -0.696. The van der Waals surface area contributed by atoms with E-state index in [4.69, 9.17) is 0 Å². The number of rotatable bonds is 5. The second-order valence-corrected chi connectivity index (χ2v) is 6.26. The Morgan fingerprint density at radius 1 is 0.935 bits per heavy atom. The van der Waals surface area contributed by atoms with Gasteiger partial charge < -0.3 is 10.6 Å². The third-order valence-electron chi connectivity index (χ3n) is 4.15. The van der Waals surface area contributed by atoms with Gasteiger partial charge in [-0.2, -0.15) is 13.2 Å². The lowest BCUT2D eigenvalue weighted by atomic mass is 10.1. The zero-order valence-corrected chi connectivity index (χ0v) is 15.2. The lowest BCUT2D eigenvalue weighted by Gasteiger charge is -2.14. The van der Waals surface area contributed by atoms with Crippen LogP contribution in [-0.2, 0) is 9.59 Å². The predicted molar refractivity (Wildman–Crippen MR) is 98.2 cm³/mol. The molecule has 1 aliphatic heterocycles. The van der Waals surface area contributed by atoms with Crippen molar-refractivity contribution in [3.8, 4) is 0 Å². The first-order valence-corrected chi connectivity index (χ1v) is 8.40. The number of halogens is 3. The molecule has 4 amide bonds. The number of carbonyl (C=O) groups excluding carboxylic acids is 4. The number of alkyl halides is 3. The van der Waals surface area contributed by atoms with Gasteiger partial charge in [0.15, 0.2) is 0 Å². The molecule has 0 aliphatic carbocycles. The summed E-state index contributed by atoms with van der Waals surface area (Å²) >= 11 is 0. The summed E-state index contributed by atoms with van der Waals surface area (Å²) in [6, 6.07) is 7.76. The molecule has 2 aromatic rings. The Morgan fingerprint density at radius 2 is 1.48 bits per heavy atom. The monoisotopic (exact) mass is 436 g/mol. The lowest BCUT2D eigenvalue weighted by Crippen LogP contribution is -2.37. The SMILES string of the molecule is O=C(CN1C(=O)c2ccc([N+](=O)[O-])cc2C1=O)Nc1ccc(NC(=O)C(F)(F)F)cc1. The summed E-state index contributed by atoms with van der Waals surface area (Å²) in [4.78, 5) is 58.5. The van der Waals surface area contributed by atoms with Crippen LogP contribution in [-0.4, -0.2) is 46.2 Å². The van der Waals surface area contributed by atoms with Gasteiger partial charge in [0.2, 0.25) is 5.91 Å². The van der Waals surface area contributed by atoms with Crippen LogP contribution in [0.25, 0.3) is 0 Å². The van der Waals surface area contributed by atoms with Crippen LogP contribution in [0.15, 0.2) is 42.5 Å². The summed E-state index contributed by atoms with van der Waals surface area (Å²) < 4.78 is 36.7. The molecule has 10 nitrogen and oxygen atoms in total. The number of carbonyl (C=O) groups is 4. The van der Waals surface area contributed by atoms with E-state index < -0.39 is 41.3 Å². The molecule has 0 fully saturated rings. The van der Waals surface area contributed by atoms with Crippen molar-refractivity contribution >= 4 is 40.7 Å². The van der Waals surface area contributed by atoms with Crippen LogP contribution in [0, 0.1) is 10.1 Å². The summed E-state index contributed by atoms with van der Waals surface area (Å²) in [5.74, 6) is -4.62. The predicted octanol–water partition coefficient (Wildman–Crippen LogP) is 2.33. The summed E-state index contributed by atoms with van der Waals surface area (Å²) in [5, 5.41) is 14.8. The maximum absolute atomic E-state index is 12.4. The Bertz CT molecular complexity index is 1110. The van der Waals surface area contributed by atoms with E-state index >= 15 is 0 Å². The standard InChI is InChI=1S/C18H11F3N4O6/c19-18(20,21)17(29)23-10-3-1-9(2-4-10)22-14(26)8-24-15(27)12-6-5-11(25(30)31)7-13(12)16(24)28/h1-7H,8H2,(H,22,26)(H,23,29). The second kappa shape index (κ2) is 7.85. The van der Waals surface area contributed by atoms with Crippen molar-refractivity contribution in [2.75, 3.05) is 17.2 Å². The van der Waals surface area contributed by atoms with Gasteiger partial charge >= 0.3 is 12.1 Å². The summed E-state index contributed by atoms with van der Waals surface area (Å²) in [6.07, 6.45) is -5.06. The molecule has 0 spiro atoms.